The summed E-state index contributed by atoms with van der Waals surface area (Å²) in [6.07, 6.45) is 0. The van der Waals surface area contributed by atoms with E-state index in [4.69, 9.17) is 11.6 Å². The Labute approximate surface area is 181 Å². The van der Waals surface area contributed by atoms with Gasteiger partial charge in [0.15, 0.2) is 0 Å². The summed E-state index contributed by atoms with van der Waals surface area (Å²) in [7, 11) is 3.89. The van der Waals surface area contributed by atoms with Crippen LogP contribution in [0.5, 0.6) is 0 Å². The smallest absolute Gasteiger partial charge is 0.321 e. The molecule has 1 heterocycles. The SMILES string of the molecule is Cc1ccc(C)c2[nH]c(=O)c(CN(CCN(C)C)C(=O)Nc3ccccc3Cl)cc12. The van der Waals surface area contributed by atoms with Crippen LogP contribution in [-0.2, 0) is 6.54 Å². The Balaban J connectivity index is 1.92. The first-order chi connectivity index (χ1) is 14.3. The molecule has 0 saturated heterocycles. The summed E-state index contributed by atoms with van der Waals surface area (Å²) in [5.74, 6) is 0. The molecule has 2 N–H and O–H groups in total. The summed E-state index contributed by atoms with van der Waals surface area (Å²) in [5, 5.41) is 4.31. The molecule has 0 aliphatic rings. The van der Waals surface area contributed by atoms with Gasteiger partial charge in [0.05, 0.1) is 22.8 Å². The molecule has 30 heavy (non-hydrogen) atoms. The van der Waals surface area contributed by atoms with Gasteiger partial charge in [0.25, 0.3) is 5.56 Å². The number of carbonyl (C=O) groups is 1. The van der Waals surface area contributed by atoms with Crippen molar-refractivity contribution in [3.63, 3.8) is 0 Å². The van der Waals surface area contributed by atoms with Crippen molar-refractivity contribution in [2.24, 2.45) is 0 Å². The Morgan fingerprint density at radius 1 is 1.07 bits per heavy atom. The first kappa shape index (κ1) is 21.9. The lowest BCUT2D eigenvalue weighted by Gasteiger charge is -2.25. The summed E-state index contributed by atoms with van der Waals surface area (Å²) in [6, 6.07) is 12.7. The predicted molar refractivity (Wildman–Crippen MR) is 123 cm³/mol. The second-order valence-corrected chi connectivity index (χ2v) is 8.15. The topological polar surface area (TPSA) is 68.4 Å². The van der Waals surface area contributed by atoms with E-state index in [9.17, 15) is 9.59 Å². The normalized spacial score (nSPS) is 11.1. The van der Waals surface area contributed by atoms with Gasteiger partial charge in [-0.25, -0.2) is 4.79 Å². The van der Waals surface area contributed by atoms with Crippen molar-refractivity contribution in [3.05, 3.63) is 74.5 Å². The zero-order chi connectivity index (χ0) is 21.8. The first-order valence-corrected chi connectivity index (χ1v) is 10.2. The number of halogens is 1. The van der Waals surface area contributed by atoms with E-state index in [0.717, 1.165) is 22.0 Å². The minimum absolute atomic E-state index is 0.184. The van der Waals surface area contributed by atoms with E-state index >= 15 is 0 Å². The second kappa shape index (κ2) is 9.32. The molecule has 0 bridgehead atoms. The molecule has 0 saturated carbocycles. The Morgan fingerprint density at radius 2 is 1.77 bits per heavy atom. The van der Waals surface area contributed by atoms with Gasteiger partial charge in [-0.05, 0) is 57.3 Å². The van der Waals surface area contributed by atoms with Crippen LogP contribution in [0.1, 0.15) is 16.7 Å². The number of urea groups is 1. The lowest BCUT2D eigenvalue weighted by Crippen LogP contribution is -2.40. The number of pyridine rings is 1. The number of H-pyrrole nitrogens is 1. The number of hydrogen-bond donors (Lipinski definition) is 2. The number of benzene rings is 2. The monoisotopic (exact) mass is 426 g/mol. The largest absolute Gasteiger partial charge is 0.322 e. The number of aromatic nitrogens is 1. The number of para-hydroxylation sites is 1. The van der Waals surface area contributed by atoms with Crippen LogP contribution < -0.4 is 10.9 Å². The van der Waals surface area contributed by atoms with Crippen LogP contribution in [0, 0.1) is 13.8 Å². The number of likely N-dealkylation sites (N-methyl/N-ethyl adjacent to an activating group) is 1. The predicted octanol–water partition coefficient (Wildman–Crippen LogP) is 4.39. The summed E-state index contributed by atoms with van der Waals surface area (Å²) >= 11 is 6.19. The summed E-state index contributed by atoms with van der Waals surface area (Å²) in [5.41, 5.74) is 3.83. The molecule has 0 aliphatic carbocycles. The molecule has 158 valence electrons. The maximum atomic E-state index is 13.0. The fourth-order valence-corrected chi connectivity index (χ4v) is 3.45. The third-order valence-corrected chi connectivity index (χ3v) is 5.43. The lowest BCUT2D eigenvalue weighted by molar-refractivity contribution is 0.202. The first-order valence-electron chi connectivity index (χ1n) is 9.83. The molecule has 3 aromatic rings. The van der Waals surface area contributed by atoms with Crippen molar-refractivity contribution in [1.82, 2.24) is 14.8 Å². The zero-order valence-corrected chi connectivity index (χ0v) is 18.5. The average molecular weight is 427 g/mol. The van der Waals surface area contributed by atoms with Crippen LogP contribution in [0.2, 0.25) is 5.02 Å². The van der Waals surface area contributed by atoms with E-state index in [0.29, 0.717) is 29.4 Å². The van der Waals surface area contributed by atoms with Crippen LogP contribution in [0.3, 0.4) is 0 Å². The van der Waals surface area contributed by atoms with E-state index in [-0.39, 0.29) is 18.1 Å². The summed E-state index contributed by atoms with van der Waals surface area (Å²) < 4.78 is 0. The quantitative estimate of drug-likeness (QED) is 0.614. The Kier molecular flexibility index (Phi) is 6.80. The van der Waals surface area contributed by atoms with E-state index in [2.05, 4.69) is 10.3 Å². The molecule has 0 unspecified atom stereocenters. The molecule has 0 spiro atoms. The van der Waals surface area contributed by atoms with Gasteiger partial charge in [0, 0.05) is 24.0 Å². The molecule has 7 heteroatoms. The highest BCUT2D eigenvalue weighted by Gasteiger charge is 2.18. The fraction of sp³-hybridized carbons (Fsp3) is 0.304. The van der Waals surface area contributed by atoms with Gasteiger partial charge in [0.1, 0.15) is 0 Å². The van der Waals surface area contributed by atoms with Crippen LogP contribution in [0.4, 0.5) is 10.5 Å². The third-order valence-electron chi connectivity index (χ3n) is 5.10. The number of aromatic amines is 1. The van der Waals surface area contributed by atoms with Gasteiger partial charge in [-0.2, -0.15) is 0 Å². The third kappa shape index (κ3) is 5.01. The average Bonchev–Trinajstić information content (AvgIpc) is 2.70. The molecular formula is C23H27ClN4O2. The highest BCUT2D eigenvalue weighted by molar-refractivity contribution is 6.33. The molecule has 0 fully saturated rings. The van der Waals surface area contributed by atoms with E-state index in [1.807, 2.05) is 57.1 Å². The van der Waals surface area contributed by atoms with Crippen LogP contribution in [-0.4, -0.2) is 48.0 Å². The lowest BCUT2D eigenvalue weighted by atomic mass is 10.0. The van der Waals surface area contributed by atoms with Crippen molar-refractivity contribution in [2.75, 3.05) is 32.5 Å². The molecule has 2 amide bonds. The van der Waals surface area contributed by atoms with Crippen LogP contribution in [0.25, 0.3) is 10.9 Å². The van der Waals surface area contributed by atoms with Crippen LogP contribution in [0.15, 0.2) is 47.3 Å². The van der Waals surface area contributed by atoms with E-state index in [1.54, 1.807) is 23.1 Å². The van der Waals surface area contributed by atoms with Gasteiger partial charge >= 0.3 is 6.03 Å². The van der Waals surface area contributed by atoms with Crippen LogP contribution >= 0.6 is 11.6 Å². The van der Waals surface area contributed by atoms with Gasteiger partial charge in [-0.3, -0.25) is 4.79 Å². The Hall–Kier alpha value is -2.83. The van der Waals surface area contributed by atoms with Crippen molar-refractivity contribution >= 4 is 34.2 Å². The zero-order valence-electron chi connectivity index (χ0n) is 17.8. The van der Waals surface area contributed by atoms with E-state index in [1.165, 1.54) is 0 Å². The van der Waals surface area contributed by atoms with Crippen molar-refractivity contribution in [3.8, 4) is 0 Å². The van der Waals surface area contributed by atoms with E-state index < -0.39 is 0 Å². The number of anilines is 1. The number of nitrogens with one attached hydrogen (secondary N) is 2. The van der Waals surface area contributed by atoms with Crippen molar-refractivity contribution in [2.45, 2.75) is 20.4 Å². The summed E-state index contributed by atoms with van der Waals surface area (Å²) in [6.45, 7) is 5.31. The standard InChI is InChI=1S/C23H27ClN4O2/c1-15-9-10-16(2)21-18(15)13-17(22(29)26-21)14-28(12-11-27(3)4)23(30)25-20-8-6-5-7-19(20)24/h5-10,13H,11-12,14H2,1-4H3,(H,25,30)(H,26,29). The molecular weight excluding hydrogens is 400 g/mol. The fourth-order valence-electron chi connectivity index (χ4n) is 3.27. The molecule has 0 atom stereocenters. The minimum atomic E-state index is -0.301. The van der Waals surface area contributed by atoms with Gasteiger partial charge in [-0.15, -0.1) is 0 Å². The number of nitrogens with zero attached hydrogens (tertiary/aromatic N) is 2. The van der Waals surface area contributed by atoms with Gasteiger partial charge in [-0.1, -0.05) is 35.9 Å². The number of aryl methyl sites for hydroxylation is 2. The van der Waals surface area contributed by atoms with Gasteiger partial charge < -0.3 is 20.1 Å². The number of hydrogen-bond acceptors (Lipinski definition) is 3. The van der Waals surface area contributed by atoms with Gasteiger partial charge in [0.2, 0.25) is 0 Å². The Morgan fingerprint density at radius 3 is 2.47 bits per heavy atom. The number of carbonyl (C=O) groups excluding carboxylic acids is 1. The van der Waals surface area contributed by atoms with Crippen molar-refractivity contribution < 1.29 is 4.79 Å². The highest BCUT2D eigenvalue weighted by Crippen LogP contribution is 2.22. The maximum absolute atomic E-state index is 13.0. The molecule has 1 aromatic heterocycles. The molecule has 3 rings (SSSR count). The molecule has 2 aromatic carbocycles. The van der Waals surface area contributed by atoms with Crippen molar-refractivity contribution in [1.29, 1.82) is 0 Å². The maximum Gasteiger partial charge on any atom is 0.322 e. The minimum Gasteiger partial charge on any atom is -0.321 e. The molecule has 0 aliphatic heterocycles. The molecule has 0 radical (unpaired) electrons. The number of fused-ring (bicyclic) bond motifs is 1. The summed E-state index contributed by atoms with van der Waals surface area (Å²) in [4.78, 5) is 32.4. The second-order valence-electron chi connectivity index (χ2n) is 7.75. The number of rotatable bonds is 6. The highest BCUT2D eigenvalue weighted by atomic mass is 35.5. The Bertz CT molecular complexity index is 1120. The number of amides is 2. The molecule has 6 nitrogen and oxygen atoms in total.